The summed E-state index contributed by atoms with van der Waals surface area (Å²) in [4.78, 5) is 1.75. The number of halogens is 2. The molecule has 2 aliphatic carbocycles. The number of aliphatic hydroxyl groups excluding tert-OH is 1. The van der Waals surface area contributed by atoms with Crippen LogP contribution in [0.1, 0.15) is 38.5 Å². The summed E-state index contributed by atoms with van der Waals surface area (Å²) >= 11 is 0. The van der Waals surface area contributed by atoms with Gasteiger partial charge in [-0.15, -0.1) is 0 Å². The van der Waals surface area contributed by atoms with Gasteiger partial charge in [0.05, 0.1) is 13.2 Å². The van der Waals surface area contributed by atoms with Crippen molar-refractivity contribution in [2.75, 3.05) is 20.2 Å². The van der Waals surface area contributed by atoms with E-state index in [0.29, 0.717) is 6.04 Å². The van der Waals surface area contributed by atoms with Crippen molar-refractivity contribution in [2.24, 2.45) is 0 Å². The molecule has 0 spiro atoms. The molecule has 0 aliphatic heterocycles. The summed E-state index contributed by atoms with van der Waals surface area (Å²) in [7, 11) is 1.77. The van der Waals surface area contributed by atoms with Crippen molar-refractivity contribution in [3.05, 3.63) is 0 Å². The molecule has 0 aromatic rings. The fourth-order valence-corrected chi connectivity index (χ4v) is 3.06. The van der Waals surface area contributed by atoms with E-state index in [9.17, 15) is 13.9 Å². The minimum Gasteiger partial charge on any atom is -0.394 e. The van der Waals surface area contributed by atoms with Crippen molar-refractivity contribution >= 4 is 0 Å². The molecule has 0 aromatic heterocycles. The van der Waals surface area contributed by atoms with Gasteiger partial charge >= 0.3 is 0 Å². The minimum atomic E-state index is -2.28. The molecule has 3 nitrogen and oxygen atoms in total. The topological polar surface area (TPSA) is 35.5 Å². The van der Waals surface area contributed by atoms with Gasteiger partial charge in [-0.1, -0.05) is 0 Å². The Labute approximate surface area is 108 Å². The van der Waals surface area contributed by atoms with Gasteiger partial charge in [0.15, 0.2) is 0 Å². The minimum absolute atomic E-state index is 0.114. The van der Waals surface area contributed by atoms with Crippen LogP contribution in [0.15, 0.2) is 0 Å². The van der Waals surface area contributed by atoms with Crippen molar-refractivity contribution in [3.8, 4) is 0 Å². The van der Waals surface area contributed by atoms with Crippen LogP contribution in [0, 0.1) is 0 Å². The monoisotopic (exact) mass is 262 g/mol. The maximum Gasteiger partial charge on any atom is 0.251 e. The number of nitrogens with one attached hydrogen (secondary N) is 1. The lowest BCUT2D eigenvalue weighted by atomic mass is 9.78. The molecule has 2 unspecified atom stereocenters. The first kappa shape index (κ1) is 14.2. The van der Waals surface area contributed by atoms with Crippen LogP contribution in [0.2, 0.25) is 0 Å². The van der Waals surface area contributed by atoms with Crippen molar-refractivity contribution in [1.29, 1.82) is 0 Å². The summed E-state index contributed by atoms with van der Waals surface area (Å²) < 4.78 is 24.9. The highest BCUT2D eigenvalue weighted by Crippen LogP contribution is 2.34. The van der Waals surface area contributed by atoms with Crippen LogP contribution in [0.25, 0.3) is 0 Å². The molecule has 5 heteroatoms. The zero-order chi connectivity index (χ0) is 13.2. The second kappa shape index (κ2) is 5.80. The molecule has 0 bridgehead atoms. The summed E-state index contributed by atoms with van der Waals surface area (Å²) in [6.07, 6.45) is 3.77. The molecule has 2 rings (SSSR count). The highest BCUT2D eigenvalue weighted by atomic mass is 19.3. The lowest BCUT2D eigenvalue weighted by Gasteiger charge is -2.43. The highest BCUT2D eigenvalue weighted by molar-refractivity contribution is 5.00. The van der Waals surface area contributed by atoms with Gasteiger partial charge in [-0.3, -0.25) is 4.90 Å². The van der Waals surface area contributed by atoms with E-state index in [4.69, 9.17) is 0 Å². The number of alkyl halides is 2. The third-order valence-corrected chi connectivity index (χ3v) is 4.26. The SMILES string of the molecule is CN(CC(F)F)C1CCCC(CO)(NC2CC2)C1. The molecule has 2 aliphatic rings. The van der Waals surface area contributed by atoms with E-state index < -0.39 is 6.43 Å². The van der Waals surface area contributed by atoms with Crippen LogP contribution in [0.4, 0.5) is 8.78 Å². The Bertz CT molecular complexity index is 274. The predicted octanol–water partition coefficient (Wildman–Crippen LogP) is 1.61. The van der Waals surface area contributed by atoms with Crippen LogP contribution in [0.3, 0.4) is 0 Å². The first-order valence-corrected chi connectivity index (χ1v) is 6.91. The van der Waals surface area contributed by atoms with Crippen LogP contribution < -0.4 is 5.32 Å². The molecular weight excluding hydrogens is 238 g/mol. The number of aliphatic hydroxyl groups is 1. The molecule has 0 radical (unpaired) electrons. The van der Waals surface area contributed by atoms with Gasteiger partial charge in [0.25, 0.3) is 6.43 Å². The van der Waals surface area contributed by atoms with E-state index in [-0.39, 0.29) is 24.7 Å². The van der Waals surface area contributed by atoms with Gasteiger partial charge in [0, 0.05) is 17.6 Å². The largest absolute Gasteiger partial charge is 0.394 e. The molecule has 0 saturated heterocycles. The van der Waals surface area contributed by atoms with E-state index in [1.807, 2.05) is 0 Å². The van der Waals surface area contributed by atoms with E-state index in [2.05, 4.69) is 5.32 Å². The van der Waals surface area contributed by atoms with Crippen molar-refractivity contribution in [3.63, 3.8) is 0 Å². The summed E-state index contributed by atoms with van der Waals surface area (Å²) in [5.41, 5.74) is -0.236. The van der Waals surface area contributed by atoms with E-state index in [1.165, 1.54) is 12.8 Å². The van der Waals surface area contributed by atoms with E-state index in [1.54, 1.807) is 11.9 Å². The third kappa shape index (κ3) is 3.62. The number of nitrogens with zero attached hydrogens (tertiary/aromatic N) is 1. The summed E-state index contributed by atoms with van der Waals surface area (Å²) in [5.74, 6) is 0. The predicted molar refractivity (Wildman–Crippen MR) is 66.9 cm³/mol. The standard InChI is InChI=1S/C13H24F2N2O/c1-17(8-12(14)15)11-3-2-6-13(7-11,9-18)16-10-4-5-10/h10-12,16,18H,2-9H2,1H3. The first-order valence-electron chi connectivity index (χ1n) is 6.91. The maximum atomic E-state index is 12.4. The van der Waals surface area contributed by atoms with Gasteiger partial charge in [-0.25, -0.2) is 8.78 Å². The molecular formula is C13H24F2N2O. The zero-order valence-electron chi connectivity index (χ0n) is 11.0. The Balaban J connectivity index is 1.92. The first-order chi connectivity index (χ1) is 8.54. The van der Waals surface area contributed by atoms with Crippen molar-refractivity contribution < 1.29 is 13.9 Å². The van der Waals surface area contributed by atoms with Crippen LogP contribution >= 0.6 is 0 Å². The Morgan fingerprint density at radius 2 is 2.11 bits per heavy atom. The quantitative estimate of drug-likeness (QED) is 0.763. The molecule has 106 valence electrons. The van der Waals surface area contributed by atoms with Crippen LogP contribution in [-0.4, -0.2) is 54.3 Å². The number of rotatable bonds is 6. The molecule has 0 heterocycles. The van der Waals surface area contributed by atoms with E-state index in [0.717, 1.165) is 25.7 Å². The maximum absolute atomic E-state index is 12.4. The number of hydrogen-bond donors (Lipinski definition) is 2. The summed E-state index contributed by atoms with van der Waals surface area (Å²) in [5, 5.41) is 13.2. The Morgan fingerprint density at radius 3 is 2.67 bits per heavy atom. The molecule has 2 N–H and O–H groups in total. The van der Waals surface area contributed by atoms with Crippen LogP contribution in [-0.2, 0) is 0 Å². The Hall–Kier alpha value is -0.260. The van der Waals surface area contributed by atoms with Gasteiger partial charge < -0.3 is 10.4 Å². The molecule has 0 amide bonds. The lowest BCUT2D eigenvalue weighted by Crippen LogP contribution is -2.56. The van der Waals surface area contributed by atoms with Crippen molar-refractivity contribution in [1.82, 2.24) is 10.2 Å². The van der Waals surface area contributed by atoms with Crippen molar-refractivity contribution in [2.45, 2.75) is 62.6 Å². The fourth-order valence-electron chi connectivity index (χ4n) is 3.06. The fraction of sp³-hybridized carbons (Fsp3) is 1.00. The normalized spacial score (nSPS) is 33.3. The number of hydrogen-bond acceptors (Lipinski definition) is 3. The van der Waals surface area contributed by atoms with Gasteiger partial charge in [0.1, 0.15) is 0 Å². The smallest absolute Gasteiger partial charge is 0.251 e. The molecule has 18 heavy (non-hydrogen) atoms. The molecule has 2 fully saturated rings. The average Bonchev–Trinajstić information content (AvgIpc) is 3.12. The summed E-state index contributed by atoms with van der Waals surface area (Å²) in [6.45, 7) is -0.0574. The van der Waals surface area contributed by atoms with Gasteiger partial charge in [0.2, 0.25) is 0 Å². The van der Waals surface area contributed by atoms with Gasteiger partial charge in [-0.05, 0) is 45.6 Å². The highest BCUT2D eigenvalue weighted by Gasteiger charge is 2.40. The summed E-state index contributed by atoms with van der Waals surface area (Å²) in [6, 6.07) is 0.697. The zero-order valence-corrected chi connectivity index (χ0v) is 11.0. The average molecular weight is 262 g/mol. The Morgan fingerprint density at radius 1 is 1.39 bits per heavy atom. The third-order valence-electron chi connectivity index (χ3n) is 4.26. The molecule has 0 aromatic carbocycles. The van der Waals surface area contributed by atoms with Gasteiger partial charge in [-0.2, -0.15) is 0 Å². The van der Waals surface area contributed by atoms with E-state index >= 15 is 0 Å². The van der Waals surface area contributed by atoms with Crippen LogP contribution in [0.5, 0.6) is 0 Å². The second-order valence-electron chi connectivity index (χ2n) is 5.94. The lowest BCUT2D eigenvalue weighted by molar-refractivity contribution is 0.0350. The second-order valence-corrected chi connectivity index (χ2v) is 5.94. The molecule has 2 saturated carbocycles. The Kier molecular flexibility index (Phi) is 4.56. The molecule has 2 atom stereocenters.